The van der Waals surface area contributed by atoms with Gasteiger partial charge in [0, 0.05) is 5.69 Å². The lowest BCUT2D eigenvalue weighted by Crippen LogP contribution is -2.53. The van der Waals surface area contributed by atoms with Crippen LogP contribution in [-0.4, -0.2) is 31.3 Å². The highest BCUT2D eigenvalue weighted by Gasteiger charge is 2.48. The van der Waals surface area contributed by atoms with E-state index in [1.807, 2.05) is 30.0 Å². The van der Waals surface area contributed by atoms with Crippen LogP contribution in [0.4, 0.5) is 10.5 Å². The fourth-order valence-electron chi connectivity index (χ4n) is 2.93. The molecular weight excluding hydrogens is 228 g/mol. The van der Waals surface area contributed by atoms with Crippen molar-refractivity contribution in [3.8, 4) is 0 Å². The quantitative estimate of drug-likeness (QED) is 0.824. The maximum Gasteiger partial charge on any atom is 0.415 e. The van der Waals surface area contributed by atoms with Crippen molar-refractivity contribution < 1.29 is 9.53 Å². The van der Waals surface area contributed by atoms with Crippen molar-refractivity contribution in [3.63, 3.8) is 0 Å². The number of amides is 1. The van der Waals surface area contributed by atoms with Gasteiger partial charge in [-0.25, -0.2) is 4.79 Å². The number of carbonyl (C=O) groups excluding carboxylic acids is 1. The monoisotopic (exact) mass is 246 g/mol. The summed E-state index contributed by atoms with van der Waals surface area (Å²) in [7, 11) is 0. The van der Waals surface area contributed by atoms with Crippen LogP contribution in [0.25, 0.3) is 0 Å². The van der Waals surface area contributed by atoms with Gasteiger partial charge in [-0.05, 0) is 50.6 Å². The molecule has 0 bridgehead atoms. The number of benzene rings is 1. The van der Waals surface area contributed by atoms with Gasteiger partial charge in [-0.1, -0.05) is 12.1 Å². The molecule has 0 aromatic heterocycles. The average molecular weight is 246 g/mol. The maximum atomic E-state index is 12.0. The molecule has 4 nitrogen and oxygen atoms in total. The minimum atomic E-state index is -0.206. The number of nitrogens with one attached hydrogen (secondary N) is 1. The van der Waals surface area contributed by atoms with Crippen LogP contribution in [0.5, 0.6) is 0 Å². The number of hydrogen-bond donors (Lipinski definition) is 1. The van der Waals surface area contributed by atoms with E-state index in [0.29, 0.717) is 6.61 Å². The Hall–Kier alpha value is -1.55. The predicted octanol–water partition coefficient (Wildman–Crippen LogP) is 2.07. The Balaban J connectivity index is 1.99. The normalized spacial score (nSPS) is 22.3. The molecule has 1 aromatic rings. The fourth-order valence-corrected chi connectivity index (χ4v) is 2.93. The van der Waals surface area contributed by atoms with E-state index in [1.165, 1.54) is 0 Å². The molecule has 1 amide bonds. The molecule has 0 unspecified atom stereocenters. The van der Waals surface area contributed by atoms with Gasteiger partial charge in [-0.15, -0.1) is 0 Å². The van der Waals surface area contributed by atoms with E-state index in [2.05, 4.69) is 11.4 Å². The second-order valence-electron chi connectivity index (χ2n) is 5.20. The Bertz CT molecular complexity index is 467. The van der Waals surface area contributed by atoms with Crippen LogP contribution in [0.15, 0.2) is 24.3 Å². The minimum absolute atomic E-state index is 0.143. The van der Waals surface area contributed by atoms with Gasteiger partial charge in [-0.2, -0.15) is 0 Å². The Morgan fingerprint density at radius 3 is 2.83 bits per heavy atom. The van der Waals surface area contributed by atoms with Crippen molar-refractivity contribution in [1.82, 2.24) is 5.32 Å². The maximum absolute atomic E-state index is 12.0. The molecule has 2 heterocycles. The molecule has 18 heavy (non-hydrogen) atoms. The summed E-state index contributed by atoms with van der Waals surface area (Å²) >= 11 is 0. The summed E-state index contributed by atoms with van der Waals surface area (Å²) in [6, 6.07) is 8.07. The molecule has 3 rings (SSSR count). The first-order chi connectivity index (χ1) is 8.71. The van der Waals surface area contributed by atoms with Gasteiger partial charge in [0.05, 0.1) is 5.54 Å². The molecule has 0 aliphatic carbocycles. The summed E-state index contributed by atoms with van der Waals surface area (Å²) < 4.78 is 5.31. The second kappa shape index (κ2) is 4.28. The smallest absolute Gasteiger partial charge is 0.415 e. The van der Waals surface area contributed by atoms with Crippen LogP contribution in [0, 0.1) is 6.92 Å². The molecule has 2 fully saturated rings. The lowest BCUT2D eigenvalue weighted by molar-refractivity contribution is 0.167. The molecule has 2 aliphatic heterocycles. The molecule has 2 aliphatic rings. The number of carbonyl (C=O) groups is 1. The first-order valence-electron chi connectivity index (χ1n) is 6.46. The lowest BCUT2D eigenvalue weighted by atomic mass is 9.87. The van der Waals surface area contributed by atoms with Crippen molar-refractivity contribution in [2.75, 3.05) is 24.6 Å². The van der Waals surface area contributed by atoms with Crippen LogP contribution in [-0.2, 0) is 4.74 Å². The van der Waals surface area contributed by atoms with E-state index >= 15 is 0 Å². The molecule has 2 saturated heterocycles. The SMILES string of the molecule is Cc1cccc(N2C(=O)OCC23CCNCC3)c1. The summed E-state index contributed by atoms with van der Waals surface area (Å²) in [5.74, 6) is 0. The molecular formula is C14H18N2O2. The van der Waals surface area contributed by atoms with Gasteiger partial charge < -0.3 is 10.1 Å². The molecule has 1 aromatic carbocycles. The minimum Gasteiger partial charge on any atom is -0.447 e. The zero-order valence-electron chi connectivity index (χ0n) is 10.6. The molecule has 96 valence electrons. The summed E-state index contributed by atoms with van der Waals surface area (Å²) in [6.07, 6.45) is 1.70. The second-order valence-corrected chi connectivity index (χ2v) is 5.20. The highest BCUT2D eigenvalue weighted by atomic mass is 16.6. The number of ether oxygens (including phenoxy) is 1. The summed E-state index contributed by atoms with van der Waals surface area (Å²) in [6.45, 7) is 4.44. The first-order valence-corrected chi connectivity index (χ1v) is 6.46. The van der Waals surface area contributed by atoms with Gasteiger partial charge >= 0.3 is 6.09 Å². The van der Waals surface area contributed by atoms with Crippen molar-refractivity contribution in [1.29, 1.82) is 0 Å². The third kappa shape index (κ3) is 1.77. The zero-order chi connectivity index (χ0) is 12.6. The predicted molar refractivity (Wildman–Crippen MR) is 69.8 cm³/mol. The number of cyclic esters (lactones) is 1. The number of rotatable bonds is 1. The summed E-state index contributed by atoms with van der Waals surface area (Å²) in [5.41, 5.74) is 1.98. The van der Waals surface area contributed by atoms with Gasteiger partial charge in [0.1, 0.15) is 6.61 Å². The van der Waals surface area contributed by atoms with Crippen molar-refractivity contribution in [3.05, 3.63) is 29.8 Å². The Morgan fingerprint density at radius 1 is 1.33 bits per heavy atom. The van der Waals surface area contributed by atoms with E-state index in [4.69, 9.17) is 4.74 Å². The molecule has 0 radical (unpaired) electrons. The zero-order valence-corrected chi connectivity index (χ0v) is 10.6. The summed E-state index contributed by atoms with van der Waals surface area (Å²) in [5, 5.41) is 3.34. The van der Waals surface area contributed by atoms with Gasteiger partial charge in [0.15, 0.2) is 0 Å². The Kier molecular flexibility index (Phi) is 2.74. The van der Waals surface area contributed by atoms with E-state index < -0.39 is 0 Å². The number of aryl methyl sites for hydroxylation is 1. The molecule has 1 N–H and O–H groups in total. The molecule has 0 saturated carbocycles. The van der Waals surface area contributed by atoms with E-state index in [1.54, 1.807) is 0 Å². The first kappa shape index (κ1) is 11.5. The number of nitrogens with zero attached hydrogens (tertiary/aromatic N) is 1. The average Bonchev–Trinajstić information content (AvgIpc) is 2.67. The number of piperidine rings is 1. The van der Waals surface area contributed by atoms with Crippen molar-refractivity contribution in [2.24, 2.45) is 0 Å². The van der Waals surface area contributed by atoms with Crippen LogP contribution >= 0.6 is 0 Å². The topological polar surface area (TPSA) is 41.6 Å². The van der Waals surface area contributed by atoms with Gasteiger partial charge in [-0.3, -0.25) is 4.90 Å². The van der Waals surface area contributed by atoms with Gasteiger partial charge in [0.2, 0.25) is 0 Å². The van der Waals surface area contributed by atoms with Crippen molar-refractivity contribution in [2.45, 2.75) is 25.3 Å². The van der Waals surface area contributed by atoms with E-state index in [9.17, 15) is 4.79 Å². The van der Waals surface area contributed by atoms with E-state index in [0.717, 1.165) is 37.2 Å². The highest BCUT2D eigenvalue weighted by Crippen LogP contribution is 2.37. The fraction of sp³-hybridized carbons (Fsp3) is 0.500. The number of hydrogen-bond acceptors (Lipinski definition) is 3. The number of anilines is 1. The van der Waals surface area contributed by atoms with Crippen LogP contribution < -0.4 is 10.2 Å². The highest BCUT2D eigenvalue weighted by molar-refractivity contribution is 5.91. The van der Waals surface area contributed by atoms with Crippen LogP contribution in [0.3, 0.4) is 0 Å². The molecule has 1 spiro atoms. The molecule has 0 atom stereocenters. The largest absolute Gasteiger partial charge is 0.447 e. The van der Waals surface area contributed by atoms with Gasteiger partial charge in [0.25, 0.3) is 0 Å². The summed E-state index contributed by atoms with van der Waals surface area (Å²) in [4.78, 5) is 13.9. The van der Waals surface area contributed by atoms with Crippen LogP contribution in [0.1, 0.15) is 18.4 Å². The van der Waals surface area contributed by atoms with Crippen molar-refractivity contribution >= 4 is 11.8 Å². The third-order valence-corrected chi connectivity index (χ3v) is 3.92. The standard InChI is InChI=1S/C14H18N2O2/c1-11-3-2-4-12(9-11)16-13(17)18-10-14(16)5-7-15-8-6-14/h2-4,9,15H,5-8,10H2,1H3. The lowest BCUT2D eigenvalue weighted by Gasteiger charge is -2.38. The van der Waals surface area contributed by atoms with E-state index in [-0.39, 0.29) is 11.6 Å². The van der Waals surface area contributed by atoms with Crippen LogP contribution in [0.2, 0.25) is 0 Å². The Labute approximate surface area is 107 Å². The molecule has 4 heteroatoms. The Morgan fingerprint density at radius 2 is 2.11 bits per heavy atom. The third-order valence-electron chi connectivity index (χ3n) is 3.92.